The van der Waals surface area contributed by atoms with Crippen molar-refractivity contribution in [1.29, 1.82) is 0 Å². The molecule has 0 spiro atoms. The second-order valence-corrected chi connectivity index (χ2v) is 5.90. The Balaban J connectivity index is 0.00000151. The summed E-state index contributed by atoms with van der Waals surface area (Å²) in [6.07, 6.45) is 1.73. The highest BCUT2D eigenvalue weighted by Gasteiger charge is 2.20. The van der Waals surface area contributed by atoms with Crippen LogP contribution in [0.5, 0.6) is 0 Å². The Hall–Kier alpha value is -2.16. The maximum absolute atomic E-state index is 14.3. The Morgan fingerprint density at radius 1 is 1.08 bits per heavy atom. The molecule has 1 atom stereocenters. The van der Waals surface area contributed by atoms with Crippen LogP contribution in [0.25, 0.3) is 0 Å². The third kappa shape index (κ3) is 6.00. The lowest BCUT2D eigenvalue weighted by atomic mass is 9.84. The van der Waals surface area contributed by atoms with Crippen molar-refractivity contribution in [1.82, 2.24) is 0 Å². The molecule has 25 heavy (non-hydrogen) atoms. The van der Waals surface area contributed by atoms with Gasteiger partial charge in [-0.1, -0.05) is 55.8 Å². The summed E-state index contributed by atoms with van der Waals surface area (Å²) >= 11 is 0. The number of carbonyl (C=O) groups excluding carboxylic acids is 1. The summed E-state index contributed by atoms with van der Waals surface area (Å²) in [6, 6.07) is 13.1. The number of aryl methyl sites for hydroxylation is 2. The molecule has 0 heterocycles. The lowest BCUT2D eigenvalue weighted by Gasteiger charge is -2.21. The zero-order valence-electron chi connectivity index (χ0n) is 15.9. The minimum atomic E-state index is -0.224. The van der Waals surface area contributed by atoms with Crippen molar-refractivity contribution in [3.8, 4) is 0 Å². The van der Waals surface area contributed by atoms with Gasteiger partial charge in [0.1, 0.15) is 5.82 Å². The largest absolute Gasteiger partial charge is 0.469 e. The predicted molar refractivity (Wildman–Crippen MR) is 101 cm³/mol. The molecule has 0 amide bonds. The van der Waals surface area contributed by atoms with E-state index in [2.05, 4.69) is 18.2 Å². The normalized spacial score (nSPS) is 11.3. The topological polar surface area (TPSA) is 26.3 Å². The molecule has 0 saturated carbocycles. The van der Waals surface area contributed by atoms with Crippen LogP contribution < -0.4 is 0 Å². The summed E-state index contributed by atoms with van der Waals surface area (Å²) in [5.41, 5.74) is 4.10. The van der Waals surface area contributed by atoms with Crippen molar-refractivity contribution in [3.63, 3.8) is 0 Å². The molecular formula is C22H29FO2. The van der Waals surface area contributed by atoms with Crippen LogP contribution in [0, 0.1) is 19.7 Å². The number of benzene rings is 2. The molecular weight excluding hydrogens is 315 g/mol. The van der Waals surface area contributed by atoms with Gasteiger partial charge in [0, 0.05) is 12.3 Å². The number of hydrogen-bond acceptors (Lipinski definition) is 2. The zero-order chi connectivity index (χ0) is 18.8. The molecule has 0 aliphatic carbocycles. The first kappa shape index (κ1) is 20.9. The number of hydrogen-bond donors (Lipinski definition) is 0. The third-order valence-electron chi connectivity index (χ3n) is 4.19. The summed E-state index contributed by atoms with van der Waals surface area (Å²) in [4.78, 5) is 11.4. The Bertz CT molecular complexity index is 679. The number of methoxy groups -OCH3 is 1. The van der Waals surface area contributed by atoms with Crippen molar-refractivity contribution in [2.24, 2.45) is 0 Å². The van der Waals surface area contributed by atoms with Crippen LogP contribution in [0.4, 0.5) is 4.39 Å². The van der Waals surface area contributed by atoms with Crippen LogP contribution in [-0.4, -0.2) is 13.1 Å². The van der Waals surface area contributed by atoms with E-state index in [1.807, 2.05) is 39.8 Å². The van der Waals surface area contributed by atoms with Gasteiger partial charge in [-0.25, -0.2) is 4.39 Å². The Morgan fingerprint density at radius 2 is 1.76 bits per heavy atom. The third-order valence-corrected chi connectivity index (χ3v) is 4.19. The summed E-state index contributed by atoms with van der Waals surface area (Å²) in [6.45, 7) is 8.08. The molecule has 2 aromatic rings. The molecule has 2 aromatic carbocycles. The Labute approximate surface area is 151 Å². The highest BCUT2D eigenvalue weighted by Crippen LogP contribution is 2.34. The van der Waals surface area contributed by atoms with E-state index in [-0.39, 0.29) is 17.7 Å². The van der Waals surface area contributed by atoms with Gasteiger partial charge in [-0.15, -0.1) is 0 Å². The van der Waals surface area contributed by atoms with Crippen molar-refractivity contribution in [2.75, 3.05) is 7.11 Å². The van der Waals surface area contributed by atoms with Crippen LogP contribution in [0.15, 0.2) is 42.5 Å². The van der Waals surface area contributed by atoms with Crippen molar-refractivity contribution in [2.45, 2.75) is 52.9 Å². The molecule has 0 N–H and O–H groups in total. The fourth-order valence-corrected chi connectivity index (χ4v) is 2.92. The Morgan fingerprint density at radius 3 is 2.40 bits per heavy atom. The van der Waals surface area contributed by atoms with Crippen LogP contribution in [0.2, 0.25) is 0 Å². The Kier molecular flexibility index (Phi) is 8.90. The summed E-state index contributed by atoms with van der Waals surface area (Å²) in [5.74, 6) is -0.476. The lowest BCUT2D eigenvalue weighted by Crippen LogP contribution is -2.08. The zero-order valence-corrected chi connectivity index (χ0v) is 15.9. The van der Waals surface area contributed by atoms with E-state index in [1.54, 1.807) is 6.07 Å². The van der Waals surface area contributed by atoms with Gasteiger partial charge in [0.25, 0.3) is 0 Å². The van der Waals surface area contributed by atoms with Crippen LogP contribution >= 0.6 is 0 Å². The average Bonchev–Trinajstić information content (AvgIpc) is 2.63. The second kappa shape index (κ2) is 10.7. The smallest absolute Gasteiger partial charge is 0.305 e. The van der Waals surface area contributed by atoms with Gasteiger partial charge in [0.2, 0.25) is 0 Å². The average molecular weight is 344 g/mol. The standard InChI is InChI=1S/C20H23FO2.C2H6/c1-14-11-12-15(2)18(13-14)16(8-6-10-20(22)23-3)17-7-4-5-9-19(17)21;1-2/h4-5,7,9,11-13,16H,6,8,10H2,1-3H3;1-2H3. The number of esters is 1. The van der Waals surface area contributed by atoms with E-state index in [0.29, 0.717) is 24.8 Å². The van der Waals surface area contributed by atoms with Crippen molar-refractivity contribution >= 4 is 5.97 Å². The second-order valence-electron chi connectivity index (χ2n) is 5.90. The van der Waals surface area contributed by atoms with E-state index >= 15 is 0 Å². The molecule has 0 saturated heterocycles. The molecule has 2 nitrogen and oxygen atoms in total. The van der Waals surface area contributed by atoms with Gasteiger partial charge in [-0.05, 0) is 49.4 Å². The SMILES string of the molecule is CC.COC(=O)CCCC(c1cc(C)ccc1C)c1ccccc1F. The molecule has 3 heteroatoms. The first-order chi connectivity index (χ1) is 12.0. The van der Waals surface area contributed by atoms with Gasteiger partial charge >= 0.3 is 5.97 Å². The summed E-state index contributed by atoms with van der Waals surface area (Å²) in [5, 5.41) is 0. The molecule has 0 aliphatic heterocycles. The van der Waals surface area contributed by atoms with Crippen molar-refractivity contribution < 1.29 is 13.9 Å². The van der Waals surface area contributed by atoms with Gasteiger partial charge in [0.05, 0.1) is 7.11 Å². The first-order valence-corrected chi connectivity index (χ1v) is 8.91. The van der Waals surface area contributed by atoms with Gasteiger partial charge < -0.3 is 4.74 Å². The van der Waals surface area contributed by atoms with Gasteiger partial charge in [-0.2, -0.15) is 0 Å². The molecule has 0 bridgehead atoms. The number of carbonyl (C=O) groups is 1. The fraction of sp³-hybridized carbons (Fsp3) is 0.409. The van der Waals surface area contributed by atoms with E-state index in [1.165, 1.54) is 13.2 Å². The summed E-state index contributed by atoms with van der Waals surface area (Å²) in [7, 11) is 1.39. The van der Waals surface area contributed by atoms with E-state index < -0.39 is 0 Å². The lowest BCUT2D eigenvalue weighted by molar-refractivity contribution is -0.140. The van der Waals surface area contributed by atoms with Crippen LogP contribution in [-0.2, 0) is 9.53 Å². The highest BCUT2D eigenvalue weighted by atomic mass is 19.1. The van der Waals surface area contributed by atoms with E-state index in [0.717, 1.165) is 16.7 Å². The minimum absolute atomic E-state index is 0.0549. The summed E-state index contributed by atoms with van der Waals surface area (Å²) < 4.78 is 19.0. The van der Waals surface area contributed by atoms with E-state index in [9.17, 15) is 9.18 Å². The number of ether oxygens (including phenoxy) is 1. The molecule has 2 rings (SSSR count). The monoisotopic (exact) mass is 344 g/mol. The van der Waals surface area contributed by atoms with Crippen molar-refractivity contribution in [3.05, 3.63) is 70.5 Å². The molecule has 0 radical (unpaired) electrons. The van der Waals surface area contributed by atoms with Crippen LogP contribution in [0.1, 0.15) is 61.3 Å². The quantitative estimate of drug-likeness (QED) is 0.606. The maximum atomic E-state index is 14.3. The predicted octanol–water partition coefficient (Wildman–Crippen LogP) is 5.94. The van der Waals surface area contributed by atoms with Gasteiger partial charge in [-0.3, -0.25) is 4.79 Å². The maximum Gasteiger partial charge on any atom is 0.305 e. The van der Waals surface area contributed by atoms with E-state index in [4.69, 9.17) is 4.74 Å². The molecule has 0 aromatic heterocycles. The van der Waals surface area contributed by atoms with Crippen LogP contribution in [0.3, 0.4) is 0 Å². The van der Waals surface area contributed by atoms with Gasteiger partial charge in [0.15, 0.2) is 0 Å². The molecule has 0 aliphatic rings. The first-order valence-electron chi connectivity index (χ1n) is 8.91. The number of rotatable bonds is 6. The minimum Gasteiger partial charge on any atom is -0.469 e. The molecule has 136 valence electrons. The highest BCUT2D eigenvalue weighted by molar-refractivity contribution is 5.69. The fourth-order valence-electron chi connectivity index (χ4n) is 2.92. The molecule has 1 unspecified atom stereocenters. The molecule has 0 fully saturated rings. The number of halogens is 1.